The lowest BCUT2D eigenvalue weighted by Crippen LogP contribution is -2.40. The highest BCUT2D eigenvalue weighted by Crippen LogP contribution is 2.35. The van der Waals surface area contributed by atoms with E-state index in [1.54, 1.807) is 30.5 Å². The van der Waals surface area contributed by atoms with E-state index in [2.05, 4.69) is 15.8 Å². The van der Waals surface area contributed by atoms with Gasteiger partial charge >= 0.3 is 0 Å². The summed E-state index contributed by atoms with van der Waals surface area (Å²) in [6.45, 7) is 0. The fraction of sp³-hybridized carbons (Fsp3) is 0.176. The van der Waals surface area contributed by atoms with Crippen molar-refractivity contribution in [2.75, 3.05) is 21.3 Å². The van der Waals surface area contributed by atoms with Crippen LogP contribution in [0.5, 0.6) is 17.2 Å². The zero-order chi connectivity index (χ0) is 18.2. The van der Waals surface area contributed by atoms with E-state index in [4.69, 9.17) is 14.2 Å². The molecule has 0 aliphatic heterocycles. The predicted octanol–water partition coefficient (Wildman–Crippen LogP) is 1.51. The molecular formula is C17H19N3O5. The van der Waals surface area contributed by atoms with Crippen LogP contribution in [0.1, 0.15) is 16.1 Å². The smallest absolute Gasteiger partial charge is 0.286 e. The average molecular weight is 345 g/mol. The van der Waals surface area contributed by atoms with Crippen molar-refractivity contribution >= 4 is 17.9 Å². The number of H-pyrrole nitrogens is 1. The Bertz CT molecular complexity index is 769. The summed E-state index contributed by atoms with van der Waals surface area (Å²) in [5, 5.41) is 0. The first-order valence-electron chi connectivity index (χ1n) is 7.30. The van der Waals surface area contributed by atoms with E-state index >= 15 is 0 Å². The number of nitrogens with one attached hydrogen (secondary N) is 3. The second-order valence-electron chi connectivity index (χ2n) is 4.81. The van der Waals surface area contributed by atoms with Crippen LogP contribution >= 0.6 is 0 Å². The van der Waals surface area contributed by atoms with Crippen molar-refractivity contribution in [3.05, 3.63) is 47.8 Å². The van der Waals surface area contributed by atoms with Gasteiger partial charge in [-0.3, -0.25) is 20.4 Å². The Morgan fingerprint density at radius 3 is 2.28 bits per heavy atom. The lowest BCUT2D eigenvalue weighted by molar-refractivity contribution is -0.117. The molecule has 8 nitrogen and oxygen atoms in total. The first-order chi connectivity index (χ1) is 12.1. The van der Waals surface area contributed by atoms with E-state index in [9.17, 15) is 9.59 Å². The molecule has 0 saturated heterocycles. The molecule has 2 rings (SSSR count). The Morgan fingerprint density at radius 1 is 1.00 bits per heavy atom. The van der Waals surface area contributed by atoms with Gasteiger partial charge in [-0.05, 0) is 24.3 Å². The zero-order valence-corrected chi connectivity index (χ0v) is 14.1. The second-order valence-corrected chi connectivity index (χ2v) is 4.81. The molecule has 0 saturated carbocycles. The van der Waals surface area contributed by atoms with Gasteiger partial charge in [0.05, 0.1) is 21.3 Å². The summed E-state index contributed by atoms with van der Waals surface area (Å²) in [6.07, 6.45) is 4.41. The minimum atomic E-state index is -0.503. The summed E-state index contributed by atoms with van der Waals surface area (Å²) in [7, 11) is 4.54. The van der Waals surface area contributed by atoms with Crippen molar-refractivity contribution < 1.29 is 23.8 Å². The van der Waals surface area contributed by atoms with E-state index < -0.39 is 11.8 Å². The average Bonchev–Trinajstić information content (AvgIpc) is 3.18. The molecule has 0 fully saturated rings. The molecule has 0 aliphatic carbocycles. The summed E-state index contributed by atoms with van der Waals surface area (Å²) in [5.41, 5.74) is 5.54. The molecule has 1 aromatic heterocycles. The molecule has 132 valence electrons. The van der Waals surface area contributed by atoms with Gasteiger partial charge in [0.1, 0.15) is 11.4 Å². The largest absolute Gasteiger partial charge is 0.496 e. The van der Waals surface area contributed by atoms with Gasteiger partial charge in [-0.2, -0.15) is 0 Å². The molecule has 0 aliphatic rings. The summed E-state index contributed by atoms with van der Waals surface area (Å²) in [5.74, 6) is 0.576. The summed E-state index contributed by atoms with van der Waals surface area (Å²) in [6, 6.07) is 6.61. The molecule has 2 amide bonds. The van der Waals surface area contributed by atoms with Crippen LogP contribution in [0.4, 0.5) is 0 Å². The Hall–Kier alpha value is -3.42. The van der Waals surface area contributed by atoms with Crippen molar-refractivity contribution in [2.45, 2.75) is 0 Å². The Kier molecular flexibility index (Phi) is 6.05. The van der Waals surface area contributed by atoms with Crippen molar-refractivity contribution in [1.82, 2.24) is 15.8 Å². The number of ether oxygens (including phenoxy) is 3. The van der Waals surface area contributed by atoms with Crippen LogP contribution in [0.3, 0.4) is 0 Å². The molecule has 8 heteroatoms. The molecule has 0 radical (unpaired) electrons. The highest BCUT2D eigenvalue weighted by Gasteiger charge is 2.10. The lowest BCUT2D eigenvalue weighted by Gasteiger charge is -2.12. The number of hydrogen-bond acceptors (Lipinski definition) is 5. The number of benzene rings is 1. The number of hydrogen-bond donors (Lipinski definition) is 3. The lowest BCUT2D eigenvalue weighted by atomic mass is 10.1. The van der Waals surface area contributed by atoms with Gasteiger partial charge in [0.2, 0.25) is 0 Å². The van der Waals surface area contributed by atoms with E-state index in [1.807, 2.05) is 0 Å². The van der Waals surface area contributed by atoms with E-state index in [1.165, 1.54) is 33.5 Å². The molecule has 0 spiro atoms. The van der Waals surface area contributed by atoms with Gasteiger partial charge in [0, 0.05) is 23.9 Å². The number of carbonyl (C=O) groups is 2. The van der Waals surface area contributed by atoms with E-state index in [0.29, 0.717) is 28.5 Å². The van der Waals surface area contributed by atoms with E-state index in [-0.39, 0.29) is 0 Å². The van der Waals surface area contributed by atoms with Gasteiger partial charge in [-0.15, -0.1) is 0 Å². The summed E-state index contributed by atoms with van der Waals surface area (Å²) in [4.78, 5) is 26.3. The van der Waals surface area contributed by atoms with Crippen LogP contribution in [0, 0.1) is 0 Å². The standard InChI is InChI=1S/C17H19N3O5/c1-23-13-10-15(25-3)14(24-2)9-11(13)6-7-16(21)19-20-17(22)12-5-4-8-18-12/h4-10,18H,1-3H3,(H,19,21)(H,20,22)/b7-6+. The number of methoxy groups -OCH3 is 3. The molecule has 1 heterocycles. The van der Waals surface area contributed by atoms with E-state index in [0.717, 1.165) is 0 Å². The molecule has 3 N–H and O–H groups in total. The van der Waals surface area contributed by atoms with Gasteiger partial charge in [0.15, 0.2) is 11.5 Å². The van der Waals surface area contributed by atoms with Crippen LogP contribution in [-0.2, 0) is 4.79 Å². The minimum absolute atomic E-state index is 0.339. The van der Waals surface area contributed by atoms with Crippen LogP contribution < -0.4 is 25.1 Å². The molecular weight excluding hydrogens is 326 g/mol. The fourth-order valence-corrected chi connectivity index (χ4v) is 2.05. The first kappa shape index (κ1) is 17.9. The van der Waals surface area contributed by atoms with Gasteiger partial charge in [-0.25, -0.2) is 0 Å². The molecule has 0 bridgehead atoms. The number of rotatable bonds is 6. The number of amides is 2. The molecule has 25 heavy (non-hydrogen) atoms. The monoisotopic (exact) mass is 345 g/mol. The van der Waals surface area contributed by atoms with Crippen LogP contribution in [-0.4, -0.2) is 38.1 Å². The summed E-state index contributed by atoms with van der Waals surface area (Å²) >= 11 is 0. The maximum absolute atomic E-state index is 11.8. The highest BCUT2D eigenvalue weighted by molar-refractivity contribution is 5.97. The van der Waals surface area contributed by atoms with Crippen molar-refractivity contribution in [1.29, 1.82) is 0 Å². The zero-order valence-electron chi connectivity index (χ0n) is 14.1. The fourth-order valence-electron chi connectivity index (χ4n) is 2.05. The Balaban J connectivity index is 2.04. The van der Waals surface area contributed by atoms with Gasteiger partial charge < -0.3 is 19.2 Å². The van der Waals surface area contributed by atoms with Gasteiger partial charge in [-0.1, -0.05) is 0 Å². The Morgan fingerprint density at radius 2 is 1.68 bits per heavy atom. The number of carbonyl (C=O) groups excluding carboxylic acids is 2. The SMILES string of the molecule is COc1cc(OC)c(OC)cc1/C=C/C(=O)NNC(=O)c1ccc[nH]1. The number of hydrazine groups is 1. The molecule has 0 unspecified atom stereocenters. The maximum Gasteiger partial charge on any atom is 0.286 e. The molecule has 1 aromatic carbocycles. The molecule has 0 atom stereocenters. The molecule has 2 aromatic rings. The third-order valence-electron chi connectivity index (χ3n) is 3.29. The third-order valence-corrected chi connectivity index (χ3v) is 3.29. The first-order valence-corrected chi connectivity index (χ1v) is 7.30. The number of aromatic amines is 1. The quantitative estimate of drug-likeness (QED) is 0.544. The van der Waals surface area contributed by atoms with Crippen molar-refractivity contribution in [2.24, 2.45) is 0 Å². The van der Waals surface area contributed by atoms with Crippen LogP contribution in [0.2, 0.25) is 0 Å². The van der Waals surface area contributed by atoms with Gasteiger partial charge in [0.25, 0.3) is 11.8 Å². The number of aromatic nitrogens is 1. The third kappa shape index (κ3) is 4.54. The normalized spacial score (nSPS) is 10.4. The van der Waals surface area contributed by atoms with Crippen molar-refractivity contribution in [3.63, 3.8) is 0 Å². The van der Waals surface area contributed by atoms with Crippen molar-refractivity contribution in [3.8, 4) is 17.2 Å². The topological polar surface area (TPSA) is 102 Å². The predicted molar refractivity (Wildman–Crippen MR) is 91.5 cm³/mol. The maximum atomic E-state index is 11.8. The minimum Gasteiger partial charge on any atom is -0.496 e. The summed E-state index contributed by atoms with van der Waals surface area (Å²) < 4.78 is 15.7. The van der Waals surface area contributed by atoms with Crippen LogP contribution in [0.25, 0.3) is 6.08 Å². The second kappa shape index (κ2) is 8.44. The highest BCUT2D eigenvalue weighted by atomic mass is 16.5. The van der Waals surface area contributed by atoms with Crippen LogP contribution in [0.15, 0.2) is 36.5 Å². The Labute approximate surface area is 144 Å².